The summed E-state index contributed by atoms with van der Waals surface area (Å²) in [6.45, 7) is 0. The van der Waals surface area contributed by atoms with Crippen LogP contribution < -0.4 is 0 Å². The van der Waals surface area contributed by atoms with Crippen molar-refractivity contribution in [3.8, 4) is 0 Å². The van der Waals surface area contributed by atoms with E-state index in [2.05, 4.69) is 29.9 Å². The summed E-state index contributed by atoms with van der Waals surface area (Å²) in [5, 5.41) is 0. The van der Waals surface area contributed by atoms with Crippen LogP contribution in [0.25, 0.3) is 0 Å². The van der Waals surface area contributed by atoms with Crippen LogP contribution >= 0.6 is 0 Å². The van der Waals surface area contributed by atoms with Crippen molar-refractivity contribution >= 4 is 35.2 Å². The molecule has 3 aromatic heterocycles. The number of carbonyl (C=O) groups is 3. The molecule has 0 saturated heterocycles. The number of hydrogen-bond acceptors (Lipinski definition) is 12. The zero-order valence-corrected chi connectivity index (χ0v) is 16.3. The van der Waals surface area contributed by atoms with E-state index in [1.807, 2.05) is 0 Å². The van der Waals surface area contributed by atoms with Crippen molar-refractivity contribution in [3.63, 3.8) is 0 Å². The first kappa shape index (κ1) is 19.1. The maximum absolute atomic E-state index is 12.1. The Balaban J connectivity index is 1.76. The molecule has 0 spiro atoms. The Kier molecular flexibility index (Phi) is 6.32. The Morgan fingerprint density at radius 1 is 0.536 bits per heavy atom. The van der Waals surface area contributed by atoms with Crippen LogP contribution in [0, 0.1) is 0 Å². The van der Waals surface area contributed by atoms with Crippen molar-refractivity contribution in [3.05, 3.63) is 72.9 Å². The Morgan fingerprint density at radius 3 is 1.04 bits per heavy atom. The molecule has 13 heteroatoms. The average molecular weight is 439 g/mol. The van der Waals surface area contributed by atoms with Gasteiger partial charge in [0.25, 0.3) is 0 Å². The van der Waals surface area contributed by atoms with Gasteiger partial charge in [0.1, 0.15) is 0 Å². The summed E-state index contributed by atoms with van der Waals surface area (Å²) in [6, 6.07) is 4.49. The van der Waals surface area contributed by atoms with Crippen molar-refractivity contribution in [2.45, 2.75) is 0 Å². The van der Waals surface area contributed by atoms with Gasteiger partial charge in [0.15, 0.2) is 0 Å². The number of aromatic nitrogens is 6. The molecule has 0 aliphatic heterocycles. The third kappa shape index (κ3) is 5.15. The van der Waals surface area contributed by atoms with E-state index in [-0.39, 0.29) is 17.5 Å². The first-order valence-corrected chi connectivity index (χ1v) is 10.5. The van der Waals surface area contributed by atoms with Crippen molar-refractivity contribution in [1.29, 1.82) is 0 Å². The summed E-state index contributed by atoms with van der Waals surface area (Å²) in [5.74, 6) is -3.94. The molecule has 0 fully saturated rings. The van der Waals surface area contributed by atoms with Gasteiger partial charge < -0.3 is 0 Å². The summed E-state index contributed by atoms with van der Waals surface area (Å²) >= 11 is -4.27. The molecule has 0 N–H and O–H groups in total. The van der Waals surface area contributed by atoms with Gasteiger partial charge in [-0.05, 0) is 0 Å². The Hall–Kier alpha value is -3.71. The van der Waals surface area contributed by atoms with Gasteiger partial charge >= 0.3 is 163 Å². The van der Waals surface area contributed by atoms with Crippen molar-refractivity contribution in [1.82, 2.24) is 29.9 Å². The monoisotopic (exact) mass is 438 g/mol. The van der Waals surface area contributed by atoms with E-state index in [1.54, 1.807) is 0 Å². The molecule has 0 radical (unpaired) electrons. The van der Waals surface area contributed by atoms with E-state index in [4.69, 9.17) is 10.6 Å². The fourth-order valence-electron chi connectivity index (χ4n) is 1.71. The van der Waals surface area contributed by atoms with E-state index in [1.165, 1.54) is 55.4 Å². The van der Waals surface area contributed by atoms with E-state index in [0.717, 1.165) is 0 Å². The Labute approximate surface area is 163 Å². The van der Waals surface area contributed by atoms with Crippen LogP contribution in [-0.2, 0) is 10.6 Å². The fourth-order valence-corrected chi connectivity index (χ4v) is 3.77. The standard InChI is InChI=1S/3C5H4N2O2.Ga/c3*8-5(9)4-6-2-1-3-7-4;/h3*1-3H,(H,8,9);/q;;;+3/p-3. The van der Waals surface area contributed by atoms with Crippen LogP contribution in [-0.4, -0.2) is 65.1 Å². The predicted molar refractivity (Wildman–Crippen MR) is 88.1 cm³/mol. The van der Waals surface area contributed by atoms with Gasteiger partial charge in [-0.15, -0.1) is 0 Å². The van der Waals surface area contributed by atoms with Crippen LogP contribution in [0.3, 0.4) is 0 Å². The molecule has 0 bridgehead atoms. The molecule has 0 aromatic carbocycles. The van der Waals surface area contributed by atoms with Crippen molar-refractivity contribution < 1.29 is 25.0 Å². The van der Waals surface area contributed by atoms with Gasteiger partial charge in [-0.3, -0.25) is 0 Å². The third-order valence-electron chi connectivity index (χ3n) is 2.85. The van der Waals surface area contributed by atoms with Crippen LogP contribution in [0.1, 0.15) is 31.9 Å². The van der Waals surface area contributed by atoms with Crippen LogP contribution in [0.5, 0.6) is 0 Å². The third-order valence-corrected chi connectivity index (χ3v) is 5.41. The molecule has 0 unspecified atom stereocenters. The minimum atomic E-state index is -4.27. The average Bonchev–Trinajstić information content (AvgIpc) is 2.75. The number of hydrogen-bond donors (Lipinski definition) is 0. The molecule has 3 aromatic rings. The van der Waals surface area contributed by atoms with E-state index >= 15 is 0 Å². The van der Waals surface area contributed by atoms with E-state index < -0.39 is 35.2 Å². The molecule has 0 atom stereocenters. The molecule has 0 aliphatic rings. The fraction of sp³-hybridized carbons (Fsp3) is 0. The van der Waals surface area contributed by atoms with E-state index in [9.17, 15) is 14.4 Å². The van der Waals surface area contributed by atoms with Gasteiger partial charge in [-0.25, -0.2) is 0 Å². The summed E-state index contributed by atoms with van der Waals surface area (Å²) in [7, 11) is 0. The molecule has 12 nitrogen and oxygen atoms in total. The van der Waals surface area contributed by atoms with Gasteiger partial charge in [-0.2, -0.15) is 0 Å². The molecular weight excluding hydrogens is 430 g/mol. The van der Waals surface area contributed by atoms with Gasteiger partial charge in [0.2, 0.25) is 0 Å². The minimum absolute atomic E-state index is 0.294. The van der Waals surface area contributed by atoms with Crippen LogP contribution in [0.15, 0.2) is 55.4 Å². The maximum atomic E-state index is 12.1. The summed E-state index contributed by atoms with van der Waals surface area (Å²) in [4.78, 5) is 58.8. The number of rotatable bonds is 6. The molecular formula is C15H9GaN6O6. The van der Waals surface area contributed by atoms with Gasteiger partial charge in [0, 0.05) is 0 Å². The Bertz CT molecular complexity index is 835. The second kappa shape index (κ2) is 9.29. The predicted octanol–water partition coefficient (Wildman–Crippen LogP) is -0.0877. The van der Waals surface area contributed by atoms with Crippen LogP contribution in [0.2, 0.25) is 0 Å². The quantitative estimate of drug-likeness (QED) is 0.471. The van der Waals surface area contributed by atoms with E-state index in [0.29, 0.717) is 0 Å². The second-order valence-corrected chi connectivity index (χ2v) is 7.42. The molecule has 0 amide bonds. The summed E-state index contributed by atoms with van der Waals surface area (Å²) in [6.07, 6.45) is 7.91. The SMILES string of the molecule is O=C([O][Ga]([O]C(=O)c1ncccn1)[O]C(=O)c1ncccn1)c1ncccn1. The number of carbonyl (C=O) groups excluding carboxylic acids is 3. The van der Waals surface area contributed by atoms with Crippen molar-refractivity contribution in [2.75, 3.05) is 0 Å². The molecule has 28 heavy (non-hydrogen) atoms. The first-order valence-electron chi connectivity index (χ1n) is 7.57. The summed E-state index contributed by atoms with van der Waals surface area (Å²) < 4.78 is 15.1. The van der Waals surface area contributed by atoms with Gasteiger partial charge in [-0.1, -0.05) is 0 Å². The topological polar surface area (TPSA) is 156 Å². The zero-order valence-electron chi connectivity index (χ0n) is 13.9. The molecule has 138 valence electrons. The first-order chi connectivity index (χ1) is 13.6. The molecule has 3 heterocycles. The second-order valence-electron chi connectivity index (χ2n) is 4.72. The number of nitrogens with zero attached hydrogens (tertiary/aromatic N) is 6. The van der Waals surface area contributed by atoms with Crippen molar-refractivity contribution in [2.24, 2.45) is 0 Å². The van der Waals surface area contributed by atoms with Gasteiger partial charge in [0.05, 0.1) is 0 Å². The molecule has 0 saturated carbocycles. The molecule has 0 aliphatic carbocycles. The zero-order chi connectivity index (χ0) is 19.8. The normalized spacial score (nSPS) is 9.86. The Morgan fingerprint density at radius 2 is 0.786 bits per heavy atom. The van der Waals surface area contributed by atoms with Crippen LogP contribution in [0.4, 0.5) is 0 Å². The summed E-state index contributed by atoms with van der Waals surface area (Å²) in [5.41, 5.74) is 0. The molecule has 3 rings (SSSR count).